The molecule has 0 saturated carbocycles. The van der Waals surface area contributed by atoms with Gasteiger partial charge in [0.1, 0.15) is 5.75 Å². The van der Waals surface area contributed by atoms with Crippen molar-refractivity contribution >= 4 is 33.2 Å². The largest absolute Gasteiger partial charge is 0.508 e. The van der Waals surface area contributed by atoms with E-state index in [9.17, 15) is 13.5 Å². The van der Waals surface area contributed by atoms with Crippen molar-refractivity contribution in [2.75, 3.05) is 13.1 Å². The van der Waals surface area contributed by atoms with E-state index in [1.807, 2.05) is 0 Å². The standard InChI is InChI=1S/C18H20Cl2N2O3S/c19-15-6-7-16(23)17(18(15)20)12-8-9-21-13(10-12)11-22-26(24,25)14-4-2-1-3-5-14/h1-7,12-13,21-23H,8-11H2/t12-,13+/m0/s1. The van der Waals surface area contributed by atoms with Gasteiger partial charge in [-0.05, 0) is 49.6 Å². The van der Waals surface area contributed by atoms with Crippen LogP contribution >= 0.6 is 23.2 Å². The fraction of sp³-hybridized carbons (Fsp3) is 0.333. The molecule has 1 fully saturated rings. The lowest BCUT2D eigenvalue weighted by Crippen LogP contribution is -2.45. The molecule has 0 aromatic heterocycles. The van der Waals surface area contributed by atoms with E-state index in [0.717, 1.165) is 6.42 Å². The van der Waals surface area contributed by atoms with E-state index in [4.69, 9.17) is 23.2 Å². The number of sulfonamides is 1. The first-order valence-electron chi connectivity index (χ1n) is 8.33. The zero-order valence-electron chi connectivity index (χ0n) is 14.0. The average molecular weight is 415 g/mol. The highest BCUT2D eigenvalue weighted by atomic mass is 35.5. The van der Waals surface area contributed by atoms with Crippen molar-refractivity contribution in [1.29, 1.82) is 0 Å². The lowest BCUT2D eigenvalue weighted by molar-refractivity contribution is 0.352. The van der Waals surface area contributed by atoms with Crippen molar-refractivity contribution in [3.05, 3.63) is 58.1 Å². The lowest BCUT2D eigenvalue weighted by Gasteiger charge is -2.31. The molecule has 140 valence electrons. The Morgan fingerprint density at radius 2 is 1.88 bits per heavy atom. The first-order valence-corrected chi connectivity index (χ1v) is 10.6. The van der Waals surface area contributed by atoms with Crippen molar-refractivity contribution in [2.24, 2.45) is 0 Å². The average Bonchev–Trinajstić information content (AvgIpc) is 2.65. The topological polar surface area (TPSA) is 78.4 Å². The maximum atomic E-state index is 12.4. The summed E-state index contributed by atoms with van der Waals surface area (Å²) in [7, 11) is -3.55. The summed E-state index contributed by atoms with van der Waals surface area (Å²) in [6.45, 7) is 0.956. The normalized spacial score (nSPS) is 20.8. The van der Waals surface area contributed by atoms with Crippen LogP contribution in [0.25, 0.3) is 0 Å². The van der Waals surface area contributed by atoms with Crippen molar-refractivity contribution < 1.29 is 13.5 Å². The van der Waals surface area contributed by atoms with Crippen LogP contribution in [0.4, 0.5) is 0 Å². The molecular weight excluding hydrogens is 395 g/mol. The van der Waals surface area contributed by atoms with Gasteiger partial charge >= 0.3 is 0 Å². The summed E-state index contributed by atoms with van der Waals surface area (Å²) in [5.41, 5.74) is 0.636. The minimum atomic E-state index is -3.55. The number of phenolic OH excluding ortho intramolecular Hbond substituents is 1. The number of piperidine rings is 1. The second-order valence-electron chi connectivity index (χ2n) is 6.33. The Kier molecular flexibility index (Phi) is 6.10. The van der Waals surface area contributed by atoms with Gasteiger partial charge in [0, 0.05) is 18.2 Å². The van der Waals surface area contributed by atoms with Gasteiger partial charge in [-0.25, -0.2) is 13.1 Å². The molecule has 2 atom stereocenters. The fourth-order valence-electron chi connectivity index (χ4n) is 3.26. The van der Waals surface area contributed by atoms with Gasteiger partial charge < -0.3 is 10.4 Å². The van der Waals surface area contributed by atoms with Crippen molar-refractivity contribution in [1.82, 2.24) is 10.0 Å². The van der Waals surface area contributed by atoms with E-state index in [2.05, 4.69) is 10.0 Å². The molecule has 2 aromatic rings. The Labute approximate surface area is 163 Å². The Balaban J connectivity index is 1.69. The maximum absolute atomic E-state index is 12.4. The Bertz CT molecular complexity index is 876. The molecular formula is C18H20Cl2N2O3S. The number of hydrogen-bond donors (Lipinski definition) is 3. The third-order valence-electron chi connectivity index (χ3n) is 4.59. The third kappa shape index (κ3) is 4.32. The first kappa shape index (κ1) is 19.5. The summed E-state index contributed by atoms with van der Waals surface area (Å²) >= 11 is 12.4. The van der Waals surface area contributed by atoms with Gasteiger partial charge in [0.15, 0.2) is 0 Å². The van der Waals surface area contributed by atoms with Crippen molar-refractivity contribution in [3.63, 3.8) is 0 Å². The molecule has 5 nitrogen and oxygen atoms in total. The van der Waals surface area contributed by atoms with Gasteiger partial charge in [-0.15, -0.1) is 0 Å². The van der Waals surface area contributed by atoms with Crippen LogP contribution in [0.1, 0.15) is 24.3 Å². The molecule has 0 bridgehead atoms. The zero-order valence-corrected chi connectivity index (χ0v) is 16.3. The smallest absolute Gasteiger partial charge is 0.240 e. The van der Waals surface area contributed by atoms with Crippen molar-refractivity contribution in [3.8, 4) is 5.75 Å². The molecule has 0 amide bonds. The number of benzene rings is 2. The summed E-state index contributed by atoms with van der Waals surface area (Å²) < 4.78 is 27.4. The van der Waals surface area contributed by atoms with Crippen LogP contribution < -0.4 is 10.0 Å². The quantitative estimate of drug-likeness (QED) is 0.699. The number of nitrogens with one attached hydrogen (secondary N) is 2. The lowest BCUT2D eigenvalue weighted by atomic mass is 9.86. The second-order valence-corrected chi connectivity index (χ2v) is 8.88. The molecule has 1 aliphatic heterocycles. The molecule has 1 aliphatic rings. The Morgan fingerprint density at radius 1 is 1.15 bits per heavy atom. The van der Waals surface area contributed by atoms with E-state index in [1.54, 1.807) is 42.5 Å². The Hall–Kier alpha value is -1.31. The minimum absolute atomic E-state index is 0.00804. The van der Waals surface area contributed by atoms with E-state index in [-0.39, 0.29) is 29.1 Å². The van der Waals surface area contributed by atoms with Gasteiger partial charge in [0.2, 0.25) is 10.0 Å². The van der Waals surface area contributed by atoms with Gasteiger partial charge in [0.25, 0.3) is 0 Å². The molecule has 1 heterocycles. The SMILES string of the molecule is O=S(=O)(NC[C@H]1C[C@@H](c2c(O)ccc(Cl)c2Cl)CCN1)c1ccccc1. The van der Waals surface area contributed by atoms with Crippen LogP contribution in [-0.4, -0.2) is 32.7 Å². The van der Waals surface area contributed by atoms with Crippen LogP contribution in [0.15, 0.2) is 47.4 Å². The summed E-state index contributed by atoms with van der Waals surface area (Å²) in [5, 5.41) is 14.3. The number of phenols is 1. The predicted octanol–water partition coefficient (Wildman–Crippen LogP) is 3.51. The number of halogens is 2. The third-order valence-corrected chi connectivity index (χ3v) is 6.84. The van der Waals surface area contributed by atoms with Crippen molar-refractivity contribution in [2.45, 2.75) is 29.7 Å². The number of rotatable bonds is 5. The molecule has 0 aliphatic carbocycles. The van der Waals surface area contributed by atoms with Crippen LogP contribution in [0.5, 0.6) is 5.75 Å². The number of aromatic hydroxyl groups is 1. The number of hydrogen-bond acceptors (Lipinski definition) is 4. The fourth-order valence-corrected chi connectivity index (χ4v) is 4.84. The second kappa shape index (κ2) is 8.15. The first-order chi connectivity index (χ1) is 12.4. The van der Waals surface area contributed by atoms with Crippen LogP contribution in [-0.2, 0) is 10.0 Å². The van der Waals surface area contributed by atoms with Gasteiger partial charge in [0.05, 0.1) is 14.9 Å². The molecule has 0 spiro atoms. The molecule has 0 radical (unpaired) electrons. The maximum Gasteiger partial charge on any atom is 0.240 e. The minimum Gasteiger partial charge on any atom is -0.508 e. The molecule has 26 heavy (non-hydrogen) atoms. The monoisotopic (exact) mass is 414 g/mol. The Morgan fingerprint density at radius 3 is 2.62 bits per heavy atom. The van der Waals surface area contributed by atoms with E-state index in [0.29, 0.717) is 28.6 Å². The highest BCUT2D eigenvalue weighted by Crippen LogP contribution is 2.41. The molecule has 0 unspecified atom stereocenters. The molecule has 3 N–H and O–H groups in total. The predicted molar refractivity (Wildman–Crippen MR) is 104 cm³/mol. The summed E-state index contributed by atoms with van der Waals surface area (Å²) in [6.07, 6.45) is 1.43. The summed E-state index contributed by atoms with van der Waals surface area (Å²) in [4.78, 5) is 0.239. The van der Waals surface area contributed by atoms with E-state index in [1.165, 1.54) is 0 Å². The summed E-state index contributed by atoms with van der Waals surface area (Å²) in [6, 6.07) is 11.3. The van der Waals surface area contributed by atoms with Gasteiger partial charge in [-0.2, -0.15) is 0 Å². The van der Waals surface area contributed by atoms with Gasteiger partial charge in [-0.1, -0.05) is 41.4 Å². The highest BCUT2D eigenvalue weighted by Gasteiger charge is 2.28. The summed E-state index contributed by atoms with van der Waals surface area (Å²) in [5.74, 6) is 0.128. The van der Waals surface area contributed by atoms with Crippen LogP contribution in [0, 0.1) is 0 Å². The van der Waals surface area contributed by atoms with Gasteiger partial charge in [-0.3, -0.25) is 0 Å². The van der Waals surface area contributed by atoms with E-state index >= 15 is 0 Å². The van der Waals surface area contributed by atoms with Crippen LogP contribution in [0.3, 0.4) is 0 Å². The van der Waals surface area contributed by atoms with E-state index < -0.39 is 10.0 Å². The highest BCUT2D eigenvalue weighted by molar-refractivity contribution is 7.89. The molecule has 3 rings (SSSR count). The van der Waals surface area contributed by atoms with Crippen LogP contribution in [0.2, 0.25) is 10.0 Å². The zero-order chi connectivity index (χ0) is 18.7. The molecule has 2 aromatic carbocycles. The molecule has 1 saturated heterocycles. The molecule has 8 heteroatoms.